The lowest BCUT2D eigenvalue weighted by Gasteiger charge is -2.25. The van der Waals surface area contributed by atoms with Crippen LogP contribution in [0.25, 0.3) is 32.0 Å². The monoisotopic (exact) mass is 1120 g/mol. The molecule has 2 aromatic carbocycles. The SMILES string of the molecule is CCCCCCCCCCCCCNC(=O)NCCCOc1ccc(-c2cc(C3=C(c4cc(-c5ccc(OCCCNC(=O)NCCCCCCCCCCCCC)cc5)sc4C)C(F)(F)C(F)(F)C3(F)F)c(C)s2)cc1. The fourth-order valence-corrected chi connectivity index (χ4v) is 11.7. The van der Waals surface area contributed by atoms with Gasteiger partial charge in [0.05, 0.1) is 13.2 Å². The molecule has 4 N–H and O–H groups in total. The normalized spacial score (nSPS) is 14.5. The molecular formula is C61H86F6N4O4S2. The molecule has 0 saturated heterocycles. The van der Waals surface area contributed by atoms with Gasteiger partial charge in [0.15, 0.2) is 0 Å². The second kappa shape index (κ2) is 33.0. The number of thiophene rings is 2. The summed E-state index contributed by atoms with van der Waals surface area (Å²) < 4.78 is 107. The first-order chi connectivity index (χ1) is 37.1. The molecule has 2 aromatic heterocycles. The van der Waals surface area contributed by atoms with Gasteiger partial charge in [-0.3, -0.25) is 0 Å². The smallest absolute Gasteiger partial charge is 0.380 e. The molecule has 428 valence electrons. The molecule has 0 spiro atoms. The minimum absolute atomic E-state index is 0.189. The van der Waals surface area contributed by atoms with Crippen molar-refractivity contribution in [2.75, 3.05) is 39.4 Å². The van der Waals surface area contributed by atoms with E-state index in [9.17, 15) is 9.59 Å². The van der Waals surface area contributed by atoms with E-state index < -0.39 is 28.9 Å². The third-order valence-corrected chi connectivity index (χ3v) is 16.4. The number of urea groups is 2. The largest absolute Gasteiger partial charge is 0.494 e. The van der Waals surface area contributed by atoms with Gasteiger partial charge in [0.1, 0.15) is 11.5 Å². The number of ether oxygens (including phenoxy) is 2. The van der Waals surface area contributed by atoms with Crippen LogP contribution in [-0.4, -0.2) is 69.2 Å². The van der Waals surface area contributed by atoms with Gasteiger partial charge in [-0.1, -0.05) is 142 Å². The summed E-state index contributed by atoms with van der Waals surface area (Å²) in [4.78, 5) is 25.7. The quantitative estimate of drug-likeness (QED) is 0.0265. The van der Waals surface area contributed by atoms with Crippen LogP contribution in [-0.2, 0) is 0 Å². The molecule has 0 radical (unpaired) electrons. The number of unbranched alkanes of at least 4 members (excludes halogenated alkanes) is 20. The van der Waals surface area contributed by atoms with Gasteiger partial charge >= 0.3 is 29.8 Å². The Morgan fingerprint density at radius 2 is 0.714 bits per heavy atom. The van der Waals surface area contributed by atoms with Crippen LogP contribution in [0.4, 0.5) is 35.9 Å². The highest BCUT2D eigenvalue weighted by molar-refractivity contribution is 7.16. The highest BCUT2D eigenvalue weighted by atomic mass is 32.1. The Morgan fingerprint density at radius 3 is 1.03 bits per heavy atom. The van der Waals surface area contributed by atoms with Crippen LogP contribution in [0, 0.1) is 13.8 Å². The number of allylic oxidation sites excluding steroid dienone is 2. The number of carbonyl (C=O) groups excluding carboxylic acids is 2. The number of amides is 4. The Labute approximate surface area is 463 Å². The summed E-state index contributed by atoms with van der Waals surface area (Å²) in [6.45, 7) is 10.1. The van der Waals surface area contributed by atoms with E-state index in [0.29, 0.717) is 84.6 Å². The molecule has 0 fully saturated rings. The molecule has 4 amide bonds. The number of aryl methyl sites for hydroxylation is 2. The first kappa shape index (κ1) is 63.1. The molecule has 0 unspecified atom stereocenters. The van der Waals surface area contributed by atoms with Gasteiger partial charge in [-0.15, -0.1) is 22.7 Å². The standard InChI is InChI=1S/C61H86F6N4O4S2/c1-5-7-9-11-13-15-17-19-21-23-25-37-68-57(72)70-39-27-41-74-49-33-29-47(30-34-49)53-43-51(45(3)76-53)55-56(60(64,65)61(66,67)59(55,62)63)52-44-54(77-46(52)4)48-31-35-50(36-32-48)75-42-28-40-71-58(73)69-38-26-24-22-20-18-16-14-12-10-8-6-2/h29-36,43-44H,5-28,37-42H2,1-4H3,(H2,68,70,72)(H2,69,71,73). The van der Waals surface area contributed by atoms with Crippen molar-refractivity contribution in [3.63, 3.8) is 0 Å². The summed E-state index contributed by atoms with van der Waals surface area (Å²) >= 11 is 2.10. The Kier molecular flexibility index (Phi) is 27.1. The second-order valence-corrected chi connectivity index (χ2v) is 23.0. The maximum absolute atomic E-state index is 16.0. The maximum atomic E-state index is 16.0. The van der Waals surface area contributed by atoms with E-state index in [1.165, 1.54) is 142 Å². The number of rotatable bonds is 38. The van der Waals surface area contributed by atoms with Gasteiger partial charge in [-0.2, -0.15) is 26.3 Å². The van der Waals surface area contributed by atoms with Gasteiger partial charge in [-0.05, 0) is 122 Å². The predicted octanol–water partition coefficient (Wildman–Crippen LogP) is 18.3. The minimum Gasteiger partial charge on any atom is -0.494 e. The molecule has 0 atom stereocenters. The van der Waals surface area contributed by atoms with Gasteiger partial charge < -0.3 is 30.7 Å². The predicted molar refractivity (Wildman–Crippen MR) is 307 cm³/mol. The van der Waals surface area contributed by atoms with Crippen molar-refractivity contribution in [2.24, 2.45) is 0 Å². The van der Waals surface area contributed by atoms with E-state index in [-0.39, 0.29) is 32.9 Å². The van der Waals surface area contributed by atoms with E-state index in [2.05, 4.69) is 35.1 Å². The van der Waals surface area contributed by atoms with Crippen LogP contribution in [0.1, 0.15) is 189 Å². The summed E-state index contributed by atoms with van der Waals surface area (Å²) in [6.07, 6.45) is 28.4. The first-order valence-corrected chi connectivity index (χ1v) is 30.4. The molecule has 0 saturated carbocycles. The van der Waals surface area contributed by atoms with Crippen LogP contribution < -0.4 is 30.7 Å². The van der Waals surface area contributed by atoms with Crippen molar-refractivity contribution in [3.8, 4) is 32.4 Å². The van der Waals surface area contributed by atoms with E-state index in [4.69, 9.17) is 9.47 Å². The summed E-state index contributed by atoms with van der Waals surface area (Å²) in [6, 6.07) is 15.7. The van der Waals surface area contributed by atoms with Crippen LogP contribution in [0.2, 0.25) is 0 Å². The van der Waals surface area contributed by atoms with Crippen molar-refractivity contribution in [1.29, 1.82) is 0 Å². The summed E-state index contributed by atoms with van der Waals surface area (Å²) in [5.41, 5.74) is -2.34. The lowest BCUT2D eigenvalue weighted by molar-refractivity contribution is -0.254. The van der Waals surface area contributed by atoms with Crippen LogP contribution in [0.15, 0.2) is 60.7 Å². The van der Waals surface area contributed by atoms with E-state index >= 15 is 26.3 Å². The topological polar surface area (TPSA) is 101 Å². The van der Waals surface area contributed by atoms with Crippen LogP contribution >= 0.6 is 22.7 Å². The van der Waals surface area contributed by atoms with Crippen molar-refractivity contribution in [3.05, 3.63) is 81.5 Å². The number of halogens is 6. The van der Waals surface area contributed by atoms with E-state index in [0.717, 1.165) is 48.4 Å². The number of hydrogen-bond acceptors (Lipinski definition) is 6. The Bertz CT molecular complexity index is 2230. The third kappa shape index (κ3) is 19.3. The Hall–Kier alpha value is -4.70. The summed E-state index contributed by atoms with van der Waals surface area (Å²) in [5.74, 6) is -15.0. The second-order valence-electron chi connectivity index (χ2n) is 20.5. The van der Waals surface area contributed by atoms with E-state index in [1.807, 2.05) is 0 Å². The molecule has 1 aliphatic carbocycles. The molecule has 1 aliphatic rings. The fraction of sp³-hybridized carbons (Fsp3) is 0.607. The fourth-order valence-electron chi connectivity index (χ4n) is 9.64. The molecule has 77 heavy (non-hydrogen) atoms. The Morgan fingerprint density at radius 1 is 0.429 bits per heavy atom. The van der Waals surface area contributed by atoms with Gasteiger partial charge in [0, 0.05) is 56.8 Å². The Balaban J connectivity index is 1.07. The number of benzene rings is 2. The molecule has 0 aliphatic heterocycles. The highest BCUT2D eigenvalue weighted by Crippen LogP contribution is 2.66. The summed E-state index contributed by atoms with van der Waals surface area (Å²) in [7, 11) is 0. The number of hydrogen-bond donors (Lipinski definition) is 4. The molecular weight excluding hydrogens is 1030 g/mol. The zero-order valence-corrected chi connectivity index (χ0v) is 47.8. The zero-order valence-electron chi connectivity index (χ0n) is 46.2. The molecule has 0 bridgehead atoms. The van der Waals surface area contributed by atoms with E-state index in [1.54, 1.807) is 48.5 Å². The first-order valence-electron chi connectivity index (χ1n) is 28.7. The highest BCUT2D eigenvalue weighted by Gasteiger charge is 2.80. The van der Waals surface area contributed by atoms with Crippen LogP contribution in [0.5, 0.6) is 11.5 Å². The molecule has 5 rings (SSSR count). The third-order valence-electron chi connectivity index (χ3n) is 14.2. The number of alkyl halides is 6. The average Bonchev–Trinajstić information content (AvgIpc) is 4.24. The van der Waals surface area contributed by atoms with Crippen molar-refractivity contribution < 1.29 is 45.4 Å². The maximum Gasteiger partial charge on any atom is 0.380 e. The van der Waals surface area contributed by atoms with Gasteiger partial charge in [-0.25, -0.2) is 9.59 Å². The van der Waals surface area contributed by atoms with Gasteiger partial charge in [0.25, 0.3) is 0 Å². The van der Waals surface area contributed by atoms with Crippen molar-refractivity contribution in [1.82, 2.24) is 21.3 Å². The number of nitrogens with one attached hydrogen (secondary N) is 4. The summed E-state index contributed by atoms with van der Waals surface area (Å²) in [5, 5.41) is 11.5. The van der Waals surface area contributed by atoms with Gasteiger partial charge in [0.2, 0.25) is 0 Å². The minimum atomic E-state index is -5.69. The molecule has 4 aromatic rings. The lowest BCUT2D eigenvalue weighted by Crippen LogP contribution is -2.48. The molecule has 16 heteroatoms. The zero-order chi connectivity index (χ0) is 55.5. The average molecular weight is 1120 g/mol. The van der Waals surface area contributed by atoms with Crippen molar-refractivity contribution >= 4 is 45.9 Å². The molecule has 2 heterocycles. The lowest BCUT2D eigenvalue weighted by atomic mass is 9.94. The number of carbonyl (C=O) groups is 2. The van der Waals surface area contributed by atoms with Crippen LogP contribution in [0.3, 0.4) is 0 Å². The van der Waals surface area contributed by atoms with Crippen molar-refractivity contribution in [2.45, 2.75) is 200 Å². The molecule has 8 nitrogen and oxygen atoms in total.